The molecule has 0 spiro atoms. The standard InChI is InChI=1S/C13H21N3O2S/c14-18-13(17)12(10-6-2-1-3-7-10)11-8-4-5-9-19(11,15)16/h1-3,6-7,11-12H,4-5,8-9,14-16H2. The lowest BCUT2D eigenvalue weighted by Gasteiger charge is -2.45. The predicted octanol–water partition coefficient (Wildman–Crippen LogP) is 1.29. The molecule has 1 aromatic rings. The molecule has 0 aromatic heterocycles. The molecule has 6 N–H and O–H groups in total. The number of hydrogen-bond donors (Lipinski definition) is 3. The van der Waals surface area contributed by atoms with E-state index >= 15 is 0 Å². The maximum absolute atomic E-state index is 12.1. The maximum Gasteiger partial charge on any atom is 0.333 e. The number of carbonyl (C=O) groups excluding carboxylic acids is 1. The monoisotopic (exact) mass is 283 g/mol. The van der Waals surface area contributed by atoms with Gasteiger partial charge in [0.25, 0.3) is 0 Å². The van der Waals surface area contributed by atoms with E-state index < -0.39 is 22.3 Å². The van der Waals surface area contributed by atoms with E-state index in [4.69, 9.17) is 16.2 Å². The number of rotatable bonds is 3. The van der Waals surface area contributed by atoms with E-state index in [1.165, 1.54) is 0 Å². The molecule has 2 rings (SSSR count). The highest BCUT2D eigenvalue weighted by atomic mass is 32.3. The second-order valence-electron chi connectivity index (χ2n) is 4.97. The van der Waals surface area contributed by atoms with Crippen molar-refractivity contribution in [1.82, 2.24) is 0 Å². The highest BCUT2D eigenvalue weighted by Gasteiger charge is 2.40. The lowest BCUT2D eigenvalue weighted by Crippen LogP contribution is -2.44. The summed E-state index contributed by atoms with van der Waals surface area (Å²) in [4.78, 5) is 16.5. The zero-order valence-electron chi connectivity index (χ0n) is 10.8. The van der Waals surface area contributed by atoms with Crippen LogP contribution in [0.15, 0.2) is 30.3 Å². The summed E-state index contributed by atoms with van der Waals surface area (Å²) >= 11 is 0. The van der Waals surface area contributed by atoms with Gasteiger partial charge in [-0.05, 0) is 18.4 Å². The van der Waals surface area contributed by atoms with Gasteiger partial charge >= 0.3 is 5.97 Å². The third-order valence-electron chi connectivity index (χ3n) is 3.70. The Hall–Kier alpha value is -1.08. The van der Waals surface area contributed by atoms with E-state index in [1.807, 2.05) is 30.3 Å². The molecule has 1 aliphatic heterocycles. The molecule has 5 nitrogen and oxygen atoms in total. The van der Waals surface area contributed by atoms with E-state index in [1.54, 1.807) is 0 Å². The van der Waals surface area contributed by atoms with Gasteiger partial charge in [0.15, 0.2) is 0 Å². The minimum Gasteiger partial charge on any atom is -0.373 e. The summed E-state index contributed by atoms with van der Waals surface area (Å²) in [6.07, 6.45) is 2.91. The molecule has 0 bridgehead atoms. The van der Waals surface area contributed by atoms with E-state index in [0.717, 1.165) is 30.6 Å². The molecule has 1 aromatic carbocycles. The van der Waals surface area contributed by atoms with Gasteiger partial charge in [0, 0.05) is 11.0 Å². The van der Waals surface area contributed by atoms with Crippen molar-refractivity contribution in [3.8, 4) is 0 Å². The SMILES string of the molecule is NOC(=O)C(c1ccccc1)C1CCCCS1(N)N. The number of hydrogen-bond acceptors (Lipinski definition) is 5. The first-order valence-corrected chi connectivity index (χ1v) is 8.36. The summed E-state index contributed by atoms with van der Waals surface area (Å²) in [6, 6.07) is 9.47. The zero-order chi connectivity index (χ0) is 13.9. The van der Waals surface area contributed by atoms with Crippen molar-refractivity contribution in [2.45, 2.75) is 30.4 Å². The molecule has 2 unspecified atom stereocenters. The van der Waals surface area contributed by atoms with Crippen LogP contribution in [-0.4, -0.2) is 17.0 Å². The Morgan fingerprint density at radius 2 is 1.95 bits per heavy atom. The first-order valence-electron chi connectivity index (χ1n) is 6.37. The minimum absolute atomic E-state index is 0.0697. The van der Waals surface area contributed by atoms with E-state index in [9.17, 15) is 4.79 Å². The fraction of sp³-hybridized carbons (Fsp3) is 0.462. The summed E-state index contributed by atoms with van der Waals surface area (Å²) in [5.74, 6) is 4.96. The van der Waals surface area contributed by atoms with E-state index in [0.29, 0.717) is 0 Å². The van der Waals surface area contributed by atoms with Gasteiger partial charge in [-0.1, -0.05) is 36.8 Å². The van der Waals surface area contributed by atoms with Gasteiger partial charge < -0.3 is 4.84 Å². The summed E-state index contributed by atoms with van der Waals surface area (Å²) in [7, 11) is -1.78. The Morgan fingerprint density at radius 1 is 1.26 bits per heavy atom. The van der Waals surface area contributed by atoms with E-state index in [2.05, 4.69) is 4.84 Å². The molecule has 106 valence electrons. The summed E-state index contributed by atoms with van der Waals surface area (Å²) in [5.41, 5.74) is 0.873. The van der Waals surface area contributed by atoms with Crippen LogP contribution in [0.2, 0.25) is 0 Å². The second kappa shape index (κ2) is 5.92. The van der Waals surface area contributed by atoms with Crippen LogP contribution in [0.1, 0.15) is 30.7 Å². The molecular weight excluding hydrogens is 262 g/mol. The molecular formula is C13H21N3O2S. The Labute approximate surface area is 115 Å². The molecule has 0 radical (unpaired) electrons. The number of benzene rings is 1. The first kappa shape index (κ1) is 14.3. The third-order valence-corrected chi connectivity index (χ3v) is 6.33. The zero-order valence-corrected chi connectivity index (χ0v) is 11.6. The summed E-state index contributed by atoms with van der Waals surface area (Å²) in [6.45, 7) is 0. The smallest absolute Gasteiger partial charge is 0.333 e. The molecule has 1 fully saturated rings. The van der Waals surface area contributed by atoms with Crippen molar-refractivity contribution < 1.29 is 9.63 Å². The Balaban J connectivity index is 2.35. The van der Waals surface area contributed by atoms with Gasteiger partial charge in [-0.3, -0.25) is 10.3 Å². The third kappa shape index (κ3) is 3.09. The molecule has 6 heteroatoms. The molecule has 1 heterocycles. The molecule has 1 aliphatic rings. The van der Waals surface area contributed by atoms with Crippen molar-refractivity contribution in [3.05, 3.63) is 35.9 Å². The number of nitrogens with two attached hydrogens (primary N) is 3. The van der Waals surface area contributed by atoms with Gasteiger partial charge in [0.2, 0.25) is 0 Å². The fourth-order valence-corrected chi connectivity index (χ4v) is 5.11. The lowest BCUT2D eigenvalue weighted by molar-refractivity contribution is -0.146. The number of carbonyl (C=O) groups is 1. The first-order chi connectivity index (χ1) is 9.06. The maximum atomic E-state index is 12.1. The largest absolute Gasteiger partial charge is 0.373 e. The Kier molecular flexibility index (Phi) is 4.46. The van der Waals surface area contributed by atoms with Crippen LogP contribution in [0.5, 0.6) is 0 Å². The van der Waals surface area contributed by atoms with Gasteiger partial charge in [0.1, 0.15) is 0 Å². The van der Waals surface area contributed by atoms with Gasteiger partial charge in [-0.25, -0.2) is 4.79 Å². The molecule has 1 saturated heterocycles. The molecule has 0 amide bonds. The van der Waals surface area contributed by atoms with Crippen LogP contribution >= 0.6 is 10.4 Å². The lowest BCUT2D eigenvalue weighted by atomic mass is 9.92. The summed E-state index contributed by atoms with van der Waals surface area (Å²) < 4.78 is 0. The van der Waals surface area contributed by atoms with Gasteiger partial charge in [-0.15, -0.1) is 10.4 Å². The van der Waals surface area contributed by atoms with Crippen molar-refractivity contribution >= 4 is 16.4 Å². The molecule has 19 heavy (non-hydrogen) atoms. The molecule has 0 aliphatic carbocycles. The van der Waals surface area contributed by atoms with Crippen LogP contribution in [0.25, 0.3) is 0 Å². The van der Waals surface area contributed by atoms with Crippen LogP contribution in [0.4, 0.5) is 0 Å². The van der Waals surface area contributed by atoms with Crippen LogP contribution < -0.4 is 16.2 Å². The highest BCUT2D eigenvalue weighted by molar-refractivity contribution is 8.30. The highest BCUT2D eigenvalue weighted by Crippen LogP contribution is 2.50. The average Bonchev–Trinajstić information content (AvgIpc) is 2.41. The topological polar surface area (TPSA) is 104 Å². The average molecular weight is 283 g/mol. The van der Waals surface area contributed by atoms with Crippen LogP contribution in [0, 0.1) is 0 Å². The molecule has 0 saturated carbocycles. The Morgan fingerprint density at radius 3 is 2.53 bits per heavy atom. The van der Waals surface area contributed by atoms with Gasteiger partial charge in [0.05, 0.1) is 5.92 Å². The minimum atomic E-state index is -1.78. The van der Waals surface area contributed by atoms with Crippen molar-refractivity contribution in [1.29, 1.82) is 0 Å². The second-order valence-corrected chi connectivity index (χ2v) is 7.80. The Bertz CT molecular complexity index is 439. The quantitative estimate of drug-likeness (QED) is 0.725. The van der Waals surface area contributed by atoms with Crippen molar-refractivity contribution in [3.63, 3.8) is 0 Å². The normalized spacial score (nSPS) is 25.3. The summed E-state index contributed by atoms with van der Waals surface area (Å²) in [5, 5.41) is 12.5. The van der Waals surface area contributed by atoms with Gasteiger partial charge in [-0.2, -0.15) is 5.90 Å². The van der Waals surface area contributed by atoms with Crippen molar-refractivity contribution in [2.24, 2.45) is 16.2 Å². The van der Waals surface area contributed by atoms with Crippen LogP contribution in [0.3, 0.4) is 0 Å². The van der Waals surface area contributed by atoms with E-state index in [-0.39, 0.29) is 5.25 Å². The van der Waals surface area contributed by atoms with Crippen LogP contribution in [-0.2, 0) is 9.63 Å². The van der Waals surface area contributed by atoms with Crippen molar-refractivity contribution in [2.75, 3.05) is 5.75 Å². The molecule has 2 atom stereocenters. The predicted molar refractivity (Wildman–Crippen MR) is 77.9 cm³/mol. The fourth-order valence-electron chi connectivity index (χ4n) is 2.72.